The Kier molecular flexibility index (Phi) is 4.01. The van der Waals surface area contributed by atoms with E-state index in [0.29, 0.717) is 17.0 Å². The van der Waals surface area contributed by atoms with E-state index in [9.17, 15) is 8.42 Å². The Hall–Kier alpha value is -2.12. The van der Waals surface area contributed by atoms with Crippen molar-refractivity contribution in [1.29, 1.82) is 0 Å². The summed E-state index contributed by atoms with van der Waals surface area (Å²) >= 11 is 6.24. The lowest BCUT2D eigenvalue weighted by atomic mass is 10.1. The lowest BCUT2D eigenvalue weighted by molar-refractivity contribution is 0.390. The van der Waals surface area contributed by atoms with Crippen LogP contribution in [-0.2, 0) is 10.0 Å². The summed E-state index contributed by atoms with van der Waals surface area (Å²) in [5.41, 5.74) is 2.36. The molecule has 0 aliphatic heterocycles. The van der Waals surface area contributed by atoms with Crippen molar-refractivity contribution in [3.8, 4) is 11.3 Å². The predicted octanol–water partition coefficient (Wildman–Crippen LogP) is 3.66. The van der Waals surface area contributed by atoms with Gasteiger partial charge in [-0.05, 0) is 27.7 Å². The Balaban J connectivity index is 2.32. The van der Waals surface area contributed by atoms with Gasteiger partial charge in [-0.3, -0.25) is 0 Å². The van der Waals surface area contributed by atoms with E-state index in [4.69, 9.17) is 16.1 Å². The topological polar surface area (TPSA) is 78.0 Å². The number of rotatable bonds is 3. The van der Waals surface area contributed by atoms with Crippen LogP contribution in [0.3, 0.4) is 0 Å². The van der Waals surface area contributed by atoms with Crippen molar-refractivity contribution in [3.05, 3.63) is 52.3 Å². The zero-order valence-electron chi connectivity index (χ0n) is 13.7. The molecule has 6 nitrogen and oxygen atoms in total. The molecule has 0 aliphatic carbocycles. The van der Waals surface area contributed by atoms with Gasteiger partial charge >= 0.3 is 0 Å². The minimum atomic E-state index is -3.94. The van der Waals surface area contributed by atoms with E-state index < -0.39 is 10.0 Å². The molecule has 8 heteroatoms. The van der Waals surface area contributed by atoms with Crippen molar-refractivity contribution in [3.63, 3.8) is 0 Å². The maximum atomic E-state index is 13.2. The molecule has 0 unspecified atom stereocenters. The molecule has 2 aromatic heterocycles. The summed E-state index contributed by atoms with van der Waals surface area (Å²) in [5.74, 6) is 0.502. The van der Waals surface area contributed by atoms with Gasteiger partial charge in [0, 0.05) is 5.56 Å². The number of hydrogen-bond donors (Lipinski definition) is 0. The van der Waals surface area contributed by atoms with Crippen LogP contribution in [0.4, 0.5) is 0 Å². The summed E-state index contributed by atoms with van der Waals surface area (Å²) in [7, 11) is -3.94. The Morgan fingerprint density at radius 2 is 1.71 bits per heavy atom. The number of aromatic nitrogens is 3. The third-order valence-electron chi connectivity index (χ3n) is 3.74. The molecule has 0 fully saturated rings. The van der Waals surface area contributed by atoms with E-state index in [1.165, 1.54) is 0 Å². The summed E-state index contributed by atoms with van der Waals surface area (Å²) in [4.78, 5) is 4.18. The zero-order valence-corrected chi connectivity index (χ0v) is 15.2. The van der Waals surface area contributed by atoms with Crippen LogP contribution in [0.15, 0.2) is 33.7 Å². The van der Waals surface area contributed by atoms with Gasteiger partial charge in [-0.15, -0.1) is 0 Å². The molecule has 3 rings (SSSR count). The monoisotopic (exact) mass is 365 g/mol. The Morgan fingerprint density at radius 1 is 1.08 bits per heavy atom. The molecular weight excluding hydrogens is 350 g/mol. The van der Waals surface area contributed by atoms with Gasteiger partial charge in [0.15, 0.2) is 15.8 Å². The van der Waals surface area contributed by atoms with Crippen LogP contribution < -0.4 is 0 Å². The van der Waals surface area contributed by atoms with Crippen LogP contribution in [0.25, 0.3) is 11.3 Å². The third kappa shape index (κ3) is 2.53. The quantitative estimate of drug-likeness (QED) is 0.707. The highest BCUT2D eigenvalue weighted by Gasteiger charge is 2.31. The molecule has 0 saturated carbocycles. The molecule has 2 heterocycles. The predicted molar refractivity (Wildman–Crippen MR) is 90.7 cm³/mol. The van der Waals surface area contributed by atoms with Gasteiger partial charge in [0.05, 0.1) is 0 Å². The van der Waals surface area contributed by atoms with E-state index >= 15 is 0 Å². The second-order valence-corrected chi connectivity index (χ2v) is 7.67. The third-order valence-corrected chi connectivity index (χ3v) is 6.03. The highest BCUT2D eigenvalue weighted by molar-refractivity contribution is 7.90. The van der Waals surface area contributed by atoms with Crippen molar-refractivity contribution < 1.29 is 12.9 Å². The summed E-state index contributed by atoms with van der Waals surface area (Å²) in [5, 5.41) is 3.87. The number of benzene rings is 1. The molecule has 0 amide bonds. The molecule has 0 aliphatic rings. The number of hydrogen-bond acceptors (Lipinski definition) is 5. The molecule has 0 bridgehead atoms. The van der Waals surface area contributed by atoms with Crippen LogP contribution in [0, 0.1) is 27.7 Å². The lowest BCUT2D eigenvalue weighted by Crippen LogP contribution is -2.17. The van der Waals surface area contributed by atoms with Gasteiger partial charge in [-0.1, -0.05) is 46.6 Å². The second kappa shape index (κ2) is 5.75. The van der Waals surface area contributed by atoms with Gasteiger partial charge in [0.1, 0.15) is 17.2 Å². The van der Waals surface area contributed by atoms with E-state index in [1.54, 1.807) is 20.8 Å². The van der Waals surface area contributed by atoms with Gasteiger partial charge in [0.2, 0.25) is 0 Å². The molecule has 0 atom stereocenters. The molecule has 126 valence electrons. The number of aryl methyl sites for hydroxylation is 4. The molecular formula is C16H16ClN3O3S. The SMILES string of the molecule is Cc1ccc(-c2c(Cl)nc(C)n2S(=O)(=O)c2c(C)noc2C)cc1. The highest BCUT2D eigenvalue weighted by atomic mass is 35.5. The fourth-order valence-corrected chi connectivity index (χ4v) is 4.84. The number of halogens is 1. The average molecular weight is 366 g/mol. The first-order valence-corrected chi connectivity index (χ1v) is 9.05. The smallest absolute Gasteiger partial charge is 0.275 e. The molecule has 0 N–H and O–H groups in total. The first-order valence-electron chi connectivity index (χ1n) is 7.24. The fourth-order valence-electron chi connectivity index (χ4n) is 2.66. The Bertz CT molecular complexity index is 998. The van der Waals surface area contributed by atoms with Crippen LogP contribution in [0.1, 0.15) is 22.8 Å². The maximum absolute atomic E-state index is 13.2. The van der Waals surface area contributed by atoms with Crippen molar-refractivity contribution >= 4 is 21.6 Å². The fraction of sp³-hybridized carbons (Fsp3) is 0.250. The normalized spacial score (nSPS) is 11.9. The van der Waals surface area contributed by atoms with Gasteiger partial charge < -0.3 is 4.52 Å². The van der Waals surface area contributed by atoms with E-state index in [-0.39, 0.29) is 21.6 Å². The first-order chi connectivity index (χ1) is 11.2. The van der Waals surface area contributed by atoms with Gasteiger partial charge in [-0.25, -0.2) is 17.4 Å². The molecule has 0 saturated heterocycles. The Morgan fingerprint density at radius 3 is 2.25 bits per heavy atom. The van der Waals surface area contributed by atoms with Crippen LogP contribution in [0.5, 0.6) is 0 Å². The summed E-state index contributed by atoms with van der Waals surface area (Å²) in [6, 6.07) is 7.41. The standard InChI is InChI=1S/C16H16ClN3O3S/c1-9-5-7-13(8-6-9)14-16(17)18-12(4)20(14)24(21,22)15-10(2)19-23-11(15)3/h5-8H,1-4H3. The molecule has 24 heavy (non-hydrogen) atoms. The van der Waals surface area contributed by atoms with Gasteiger partial charge in [-0.2, -0.15) is 0 Å². The number of imidazole rings is 1. The summed E-state index contributed by atoms with van der Waals surface area (Å²) in [6.07, 6.45) is 0. The maximum Gasteiger partial charge on any atom is 0.275 e. The van der Waals surface area contributed by atoms with Crippen LogP contribution in [-0.4, -0.2) is 22.5 Å². The highest BCUT2D eigenvalue weighted by Crippen LogP contribution is 2.33. The second-order valence-electron chi connectivity index (χ2n) is 5.59. The molecule has 3 aromatic rings. The minimum Gasteiger partial charge on any atom is -0.360 e. The minimum absolute atomic E-state index is 0.0352. The average Bonchev–Trinajstić information content (AvgIpc) is 2.99. The van der Waals surface area contributed by atoms with Crippen molar-refractivity contribution in [1.82, 2.24) is 14.1 Å². The van der Waals surface area contributed by atoms with Crippen molar-refractivity contribution in [2.75, 3.05) is 0 Å². The Labute approximate surface area is 145 Å². The van der Waals surface area contributed by atoms with Gasteiger partial charge in [0.25, 0.3) is 10.0 Å². The summed E-state index contributed by atoms with van der Waals surface area (Å²) < 4.78 is 32.6. The zero-order chi connectivity index (χ0) is 17.6. The van der Waals surface area contributed by atoms with Crippen LogP contribution in [0.2, 0.25) is 5.15 Å². The van der Waals surface area contributed by atoms with Crippen molar-refractivity contribution in [2.24, 2.45) is 0 Å². The largest absolute Gasteiger partial charge is 0.360 e. The van der Waals surface area contributed by atoms with Crippen molar-refractivity contribution in [2.45, 2.75) is 32.6 Å². The van der Waals surface area contributed by atoms with E-state index in [2.05, 4.69) is 10.1 Å². The number of nitrogens with zero attached hydrogens (tertiary/aromatic N) is 3. The van der Waals surface area contributed by atoms with E-state index in [1.807, 2.05) is 31.2 Å². The summed E-state index contributed by atoms with van der Waals surface area (Å²) in [6.45, 7) is 6.70. The van der Waals surface area contributed by atoms with Crippen LogP contribution >= 0.6 is 11.6 Å². The molecule has 0 radical (unpaired) electrons. The molecule has 1 aromatic carbocycles. The first kappa shape index (κ1) is 16.7. The van der Waals surface area contributed by atoms with E-state index in [0.717, 1.165) is 9.54 Å². The molecule has 0 spiro atoms. The lowest BCUT2D eigenvalue weighted by Gasteiger charge is -2.11.